The Morgan fingerprint density at radius 1 is 1.39 bits per heavy atom. The molecule has 4 heteroatoms. The largest absolute Gasteiger partial charge is 0.316 e. The minimum atomic E-state index is -0.978. The Balaban J connectivity index is 2.20. The number of nitrogens with one attached hydrogen (secondary N) is 1. The Bertz CT molecular complexity index is 438. The predicted molar refractivity (Wildman–Crippen MR) is 77.5 cm³/mol. The Kier molecular flexibility index (Phi) is 4.82. The van der Waals surface area contributed by atoms with Gasteiger partial charge in [-0.1, -0.05) is 24.6 Å². The zero-order valence-corrected chi connectivity index (χ0v) is 12.4. The monoisotopic (exact) mass is 285 g/mol. The first-order valence-corrected chi connectivity index (χ1v) is 8.04. The average molecular weight is 286 g/mol. The molecule has 0 amide bonds. The lowest BCUT2D eigenvalue weighted by Crippen LogP contribution is -2.44. The third-order valence-corrected chi connectivity index (χ3v) is 5.75. The quantitative estimate of drug-likeness (QED) is 0.924. The molecule has 1 aromatic rings. The first-order valence-electron chi connectivity index (χ1n) is 6.45. The lowest BCUT2D eigenvalue weighted by molar-refractivity contribution is 0.325. The predicted octanol–water partition coefficient (Wildman–Crippen LogP) is 3.22. The summed E-state index contributed by atoms with van der Waals surface area (Å²) in [6.45, 7) is 2.24. The van der Waals surface area contributed by atoms with Crippen LogP contribution in [0, 0.1) is 5.92 Å². The van der Waals surface area contributed by atoms with Gasteiger partial charge < -0.3 is 5.32 Å². The van der Waals surface area contributed by atoms with Gasteiger partial charge in [0.25, 0.3) is 0 Å². The van der Waals surface area contributed by atoms with Crippen LogP contribution in [0.1, 0.15) is 26.2 Å². The average Bonchev–Trinajstić information content (AvgIpc) is 2.38. The van der Waals surface area contributed by atoms with E-state index in [-0.39, 0.29) is 5.25 Å². The SMILES string of the molecule is CNC1CCC(C)CC1S(=O)c1cccc(Cl)c1. The van der Waals surface area contributed by atoms with E-state index in [0.29, 0.717) is 17.0 Å². The molecular weight excluding hydrogens is 266 g/mol. The fraction of sp³-hybridized carbons (Fsp3) is 0.571. The topological polar surface area (TPSA) is 29.1 Å². The van der Waals surface area contributed by atoms with E-state index in [4.69, 9.17) is 11.6 Å². The molecule has 1 fully saturated rings. The van der Waals surface area contributed by atoms with Gasteiger partial charge in [-0.05, 0) is 50.4 Å². The highest BCUT2D eigenvalue weighted by molar-refractivity contribution is 7.85. The van der Waals surface area contributed by atoms with Gasteiger partial charge in [-0.15, -0.1) is 0 Å². The van der Waals surface area contributed by atoms with E-state index in [1.165, 1.54) is 6.42 Å². The zero-order valence-electron chi connectivity index (χ0n) is 10.9. The van der Waals surface area contributed by atoms with Crippen LogP contribution < -0.4 is 5.32 Å². The molecule has 1 saturated carbocycles. The summed E-state index contributed by atoms with van der Waals surface area (Å²) >= 11 is 5.98. The molecule has 0 heterocycles. The van der Waals surface area contributed by atoms with E-state index >= 15 is 0 Å². The summed E-state index contributed by atoms with van der Waals surface area (Å²) in [6, 6.07) is 7.77. The highest BCUT2D eigenvalue weighted by atomic mass is 35.5. The molecule has 2 nitrogen and oxygen atoms in total. The van der Waals surface area contributed by atoms with Gasteiger partial charge in [-0.2, -0.15) is 0 Å². The summed E-state index contributed by atoms with van der Waals surface area (Å²) in [6.07, 6.45) is 3.34. The van der Waals surface area contributed by atoms with Crippen molar-refractivity contribution in [2.45, 2.75) is 42.4 Å². The van der Waals surface area contributed by atoms with Crippen LogP contribution in [-0.4, -0.2) is 22.5 Å². The summed E-state index contributed by atoms with van der Waals surface area (Å²) in [4.78, 5) is 0.849. The highest BCUT2D eigenvalue weighted by Gasteiger charge is 2.32. The highest BCUT2D eigenvalue weighted by Crippen LogP contribution is 2.30. The molecule has 0 spiro atoms. The number of hydrogen-bond donors (Lipinski definition) is 1. The third-order valence-electron chi connectivity index (χ3n) is 3.73. The molecule has 0 saturated heterocycles. The van der Waals surface area contributed by atoms with Gasteiger partial charge in [-0.25, -0.2) is 0 Å². The Morgan fingerprint density at radius 3 is 2.83 bits per heavy atom. The molecular formula is C14H20ClNOS. The molecule has 1 N–H and O–H groups in total. The maximum absolute atomic E-state index is 12.7. The van der Waals surface area contributed by atoms with Crippen LogP contribution in [0.2, 0.25) is 5.02 Å². The van der Waals surface area contributed by atoms with E-state index in [1.54, 1.807) is 0 Å². The smallest absolute Gasteiger partial charge is 0.0577 e. The molecule has 1 aromatic carbocycles. The minimum absolute atomic E-state index is 0.192. The van der Waals surface area contributed by atoms with Crippen LogP contribution in [-0.2, 0) is 10.8 Å². The van der Waals surface area contributed by atoms with Crippen molar-refractivity contribution in [1.29, 1.82) is 0 Å². The first kappa shape index (κ1) is 14.0. The molecule has 2 rings (SSSR count). The van der Waals surface area contributed by atoms with Crippen molar-refractivity contribution < 1.29 is 4.21 Å². The van der Waals surface area contributed by atoms with E-state index in [1.807, 2.05) is 31.3 Å². The molecule has 0 aliphatic heterocycles. The van der Waals surface area contributed by atoms with Crippen molar-refractivity contribution in [1.82, 2.24) is 5.32 Å². The molecule has 0 radical (unpaired) electrons. The first-order chi connectivity index (χ1) is 8.61. The molecule has 4 atom stereocenters. The third kappa shape index (κ3) is 3.14. The molecule has 18 heavy (non-hydrogen) atoms. The Labute approximate surface area is 117 Å². The normalized spacial score (nSPS) is 30.1. The van der Waals surface area contributed by atoms with Crippen LogP contribution in [0.15, 0.2) is 29.2 Å². The van der Waals surface area contributed by atoms with E-state index < -0.39 is 10.8 Å². The summed E-state index contributed by atoms with van der Waals surface area (Å²) in [5.74, 6) is 0.655. The van der Waals surface area contributed by atoms with Gasteiger partial charge in [0, 0.05) is 16.0 Å². The van der Waals surface area contributed by atoms with Gasteiger partial charge in [0.15, 0.2) is 0 Å². The Hall–Kier alpha value is -0.380. The Morgan fingerprint density at radius 2 is 2.17 bits per heavy atom. The van der Waals surface area contributed by atoms with Gasteiger partial charge in [0.05, 0.1) is 16.0 Å². The van der Waals surface area contributed by atoms with Crippen molar-refractivity contribution in [3.63, 3.8) is 0 Å². The number of rotatable bonds is 3. The van der Waals surface area contributed by atoms with Crippen LogP contribution in [0.5, 0.6) is 0 Å². The van der Waals surface area contributed by atoms with Gasteiger partial charge in [0.1, 0.15) is 0 Å². The summed E-state index contributed by atoms with van der Waals surface area (Å²) in [5, 5.41) is 4.16. The maximum atomic E-state index is 12.7. The zero-order chi connectivity index (χ0) is 13.1. The van der Waals surface area contributed by atoms with Gasteiger partial charge >= 0.3 is 0 Å². The van der Waals surface area contributed by atoms with E-state index in [2.05, 4.69) is 12.2 Å². The van der Waals surface area contributed by atoms with Crippen LogP contribution in [0.3, 0.4) is 0 Å². The van der Waals surface area contributed by atoms with Crippen LogP contribution in [0.25, 0.3) is 0 Å². The van der Waals surface area contributed by atoms with Gasteiger partial charge in [-0.3, -0.25) is 4.21 Å². The number of hydrogen-bond acceptors (Lipinski definition) is 2. The van der Waals surface area contributed by atoms with Crippen molar-refractivity contribution in [3.8, 4) is 0 Å². The summed E-state index contributed by atoms with van der Waals surface area (Å²) in [7, 11) is 0.983. The lowest BCUT2D eigenvalue weighted by Gasteiger charge is -2.34. The second-order valence-electron chi connectivity index (χ2n) is 5.11. The fourth-order valence-electron chi connectivity index (χ4n) is 2.66. The molecule has 1 aliphatic carbocycles. The minimum Gasteiger partial charge on any atom is -0.316 e. The van der Waals surface area contributed by atoms with E-state index in [9.17, 15) is 4.21 Å². The van der Waals surface area contributed by atoms with Crippen molar-refractivity contribution >= 4 is 22.4 Å². The van der Waals surface area contributed by atoms with Crippen molar-refractivity contribution in [3.05, 3.63) is 29.3 Å². The summed E-state index contributed by atoms with van der Waals surface area (Å²) < 4.78 is 12.7. The maximum Gasteiger partial charge on any atom is 0.0577 e. The molecule has 1 aliphatic rings. The lowest BCUT2D eigenvalue weighted by atomic mass is 9.87. The fourth-order valence-corrected chi connectivity index (χ4v) is 4.80. The standard InChI is InChI=1S/C14H20ClNOS/c1-10-6-7-13(16-2)14(8-10)18(17)12-5-3-4-11(15)9-12/h3-5,9-10,13-14,16H,6-8H2,1-2H3. The van der Waals surface area contributed by atoms with E-state index in [0.717, 1.165) is 17.7 Å². The molecule has 4 unspecified atom stereocenters. The molecule has 0 aromatic heterocycles. The van der Waals surface area contributed by atoms with Crippen molar-refractivity contribution in [2.24, 2.45) is 5.92 Å². The molecule has 100 valence electrons. The van der Waals surface area contributed by atoms with Gasteiger partial charge in [0.2, 0.25) is 0 Å². The van der Waals surface area contributed by atoms with Crippen LogP contribution >= 0.6 is 11.6 Å². The van der Waals surface area contributed by atoms with Crippen molar-refractivity contribution in [2.75, 3.05) is 7.05 Å². The second-order valence-corrected chi connectivity index (χ2v) is 7.21. The number of halogens is 1. The second kappa shape index (κ2) is 6.18. The van der Waals surface area contributed by atoms with Crippen LogP contribution in [0.4, 0.5) is 0 Å². The number of benzene rings is 1. The molecule has 0 bridgehead atoms. The summed E-state index contributed by atoms with van der Waals surface area (Å²) in [5.41, 5.74) is 0.